The van der Waals surface area contributed by atoms with Gasteiger partial charge in [0.1, 0.15) is 5.75 Å². The number of nitrogens with zero attached hydrogens (tertiary/aromatic N) is 3. The first-order chi connectivity index (χ1) is 19.2. The molecule has 1 aliphatic heterocycles. The zero-order chi connectivity index (χ0) is 30.7. The molecular formula is C29H50N4O7S. The van der Waals surface area contributed by atoms with Crippen molar-refractivity contribution in [1.82, 2.24) is 14.1 Å². The lowest BCUT2D eigenvalue weighted by atomic mass is 10.0. The molecule has 1 aromatic rings. The van der Waals surface area contributed by atoms with Crippen molar-refractivity contribution in [3.05, 3.63) is 23.8 Å². The summed E-state index contributed by atoms with van der Waals surface area (Å²) >= 11 is 0. The van der Waals surface area contributed by atoms with Crippen LogP contribution in [0.1, 0.15) is 63.2 Å². The van der Waals surface area contributed by atoms with E-state index in [1.165, 1.54) is 11.4 Å². The van der Waals surface area contributed by atoms with E-state index in [2.05, 4.69) is 5.32 Å². The summed E-state index contributed by atoms with van der Waals surface area (Å²) in [5.41, 5.74) is 0.781. The molecule has 234 valence electrons. The van der Waals surface area contributed by atoms with Crippen LogP contribution >= 0.6 is 0 Å². The Morgan fingerprint density at radius 3 is 2.56 bits per heavy atom. The van der Waals surface area contributed by atoms with E-state index in [0.29, 0.717) is 36.4 Å². The molecule has 0 aromatic heterocycles. The SMILES string of the molecule is C[C@@H]1CN([C@H](C)CO)C(=O)c2cc(NC(=O)CCCN(C)C)ccc2O[C@@H](C)CCCCO[C@@H]1CN(C)S(C)(=O)=O. The molecule has 0 saturated heterocycles. The minimum absolute atomic E-state index is 0.140. The highest BCUT2D eigenvalue weighted by Crippen LogP contribution is 2.28. The van der Waals surface area contributed by atoms with Gasteiger partial charge in [-0.15, -0.1) is 0 Å². The second kappa shape index (κ2) is 16.4. The predicted molar refractivity (Wildman–Crippen MR) is 161 cm³/mol. The van der Waals surface area contributed by atoms with Gasteiger partial charge >= 0.3 is 0 Å². The third-order valence-electron chi connectivity index (χ3n) is 7.35. The van der Waals surface area contributed by atoms with Gasteiger partial charge in [-0.1, -0.05) is 6.92 Å². The second-order valence-electron chi connectivity index (χ2n) is 11.5. The molecule has 0 fully saturated rings. The number of hydrogen-bond donors (Lipinski definition) is 2. The standard InChI is InChI=1S/C29H50N4O7S/c1-21-18-33(22(2)20-34)29(36)25-17-24(30-28(35)12-10-15-31(4)5)13-14-26(25)40-23(3)11-8-9-16-39-27(21)19-32(6)41(7,37)38/h13-14,17,21-23,27,34H,8-12,15-16,18-20H2,1-7H3,(H,30,35)/t21-,22-,23+,27-/m1/s1. The molecule has 12 heteroatoms. The van der Waals surface area contributed by atoms with Gasteiger partial charge in [0, 0.05) is 44.8 Å². The van der Waals surface area contributed by atoms with Crippen molar-refractivity contribution in [1.29, 1.82) is 0 Å². The Labute approximate surface area is 246 Å². The second-order valence-corrected chi connectivity index (χ2v) is 13.6. The molecule has 2 amide bonds. The summed E-state index contributed by atoms with van der Waals surface area (Å²) in [6.07, 6.45) is 3.93. The lowest BCUT2D eigenvalue weighted by molar-refractivity contribution is -0.116. The van der Waals surface area contributed by atoms with Crippen molar-refractivity contribution in [2.75, 3.05) is 65.6 Å². The van der Waals surface area contributed by atoms with Crippen molar-refractivity contribution >= 4 is 27.5 Å². The average molecular weight is 599 g/mol. The fraction of sp³-hybridized carbons (Fsp3) is 0.724. The molecule has 1 aromatic carbocycles. The van der Waals surface area contributed by atoms with Crippen LogP contribution in [0.15, 0.2) is 18.2 Å². The lowest BCUT2D eigenvalue weighted by Crippen LogP contribution is -2.47. The Kier molecular flexibility index (Phi) is 14.0. The zero-order valence-corrected chi connectivity index (χ0v) is 26.6. The number of aliphatic hydroxyl groups excluding tert-OH is 1. The number of hydrogen-bond acceptors (Lipinski definition) is 8. The maximum absolute atomic E-state index is 14.1. The summed E-state index contributed by atoms with van der Waals surface area (Å²) in [5.74, 6) is -0.323. The van der Waals surface area contributed by atoms with Gasteiger partial charge in [-0.2, -0.15) is 0 Å². The van der Waals surface area contributed by atoms with Gasteiger partial charge in [0.15, 0.2) is 0 Å². The number of fused-ring (bicyclic) bond motifs is 1. The van der Waals surface area contributed by atoms with E-state index < -0.39 is 22.2 Å². The van der Waals surface area contributed by atoms with E-state index in [9.17, 15) is 23.1 Å². The molecule has 4 atom stereocenters. The molecule has 0 spiro atoms. The summed E-state index contributed by atoms with van der Waals surface area (Å²) in [6.45, 7) is 6.97. The van der Waals surface area contributed by atoms with Gasteiger partial charge in [0.2, 0.25) is 15.9 Å². The summed E-state index contributed by atoms with van der Waals surface area (Å²) in [4.78, 5) is 30.3. The maximum atomic E-state index is 14.1. The molecule has 1 heterocycles. The quantitative estimate of drug-likeness (QED) is 0.421. The molecule has 2 rings (SSSR count). The molecular weight excluding hydrogens is 548 g/mol. The van der Waals surface area contributed by atoms with Crippen molar-refractivity contribution in [3.63, 3.8) is 0 Å². The van der Waals surface area contributed by atoms with Gasteiger partial charge in [-0.05, 0) is 78.4 Å². The van der Waals surface area contributed by atoms with Crippen molar-refractivity contribution in [2.45, 2.75) is 71.1 Å². The highest BCUT2D eigenvalue weighted by atomic mass is 32.2. The van der Waals surface area contributed by atoms with Gasteiger partial charge in [-0.3, -0.25) is 9.59 Å². The van der Waals surface area contributed by atoms with Gasteiger partial charge in [-0.25, -0.2) is 12.7 Å². The van der Waals surface area contributed by atoms with Crippen LogP contribution in [-0.2, 0) is 19.6 Å². The molecule has 41 heavy (non-hydrogen) atoms. The minimum atomic E-state index is -3.42. The van der Waals surface area contributed by atoms with E-state index in [0.717, 1.165) is 32.1 Å². The van der Waals surface area contributed by atoms with Crippen LogP contribution in [0.4, 0.5) is 5.69 Å². The van der Waals surface area contributed by atoms with Crippen molar-refractivity contribution < 1.29 is 32.6 Å². The monoisotopic (exact) mass is 598 g/mol. The number of amides is 2. The van der Waals surface area contributed by atoms with Crippen LogP contribution in [0.5, 0.6) is 5.75 Å². The van der Waals surface area contributed by atoms with Crippen LogP contribution in [0.3, 0.4) is 0 Å². The smallest absolute Gasteiger partial charge is 0.258 e. The third-order valence-corrected chi connectivity index (χ3v) is 8.63. The summed E-state index contributed by atoms with van der Waals surface area (Å²) in [6, 6.07) is 4.55. The number of anilines is 1. The Balaban J connectivity index is 2.43. The Morgan fingerprint density at radius 1 is 1.22 bits per heavy atom. The van der Waals surface area contributed by atoms with Crippen LogP contribution in [0.25, 0.3) is 0 Å². The van der Waals surface area contributed by atoms with Gasteiger partial charge < -0.3 is 29.7 Å². The molecule has 0 unspecified atom stereocenters. The fourth-order valence-corrected chi connectivity index (χ4v) is 5.05. The number of ether oxygens (including phenoxy) is 2. The summed E-state index contributed by atoms with van der Waals surface area (Å²) in [5, 5.41) is 13.0. The number of sulfonamides is 1. The van der Waals surface area contributed by atoms with Gasteiger partial charge in [0.05, 0.1) is 36.7 Å². The molecule has 0 radical (unpaired) electrons. The molecule has 0 bridgehead atoms. The Morgan fingerprint density at radius 2 is 1.93 bits per heavy atom. The number of carbonyl (C=O) groups is 2. The van der Waals surface area contributed by atoms with Crippen LogP contribution in [-0.4, -0.2) is 118 Å². The predicted octanol–water partition coefficient (Wildman–Crippen LogP) is 2.65. The number of rotatable bonds is 10. The van der Waals surface area contributed by atoms with Gasteiger partial charge in [0.25, 0.3) is 5.91 Å². The molecule has 0 saturated carbocycles. The van der Waals surface area contributed by atoms with E-state index in [-0.39, 0.29) is 43.5 Å². The van der Waals surface area contributed by atoms with E-state index in [4.69, 9.17) is 9.47 Å². The van der Waals surface area contributed by atoms with Crippen LogP contribution in [0, 0.1) is 5.92 Å². The first-order valence-corrected chi connectivity index (χ1v) is 16.3. The van der Waals surface area contributed by atoms with Crippen molar-refractivity contribution in [2.24, 2.45) is 5.92 Å². The average Bonchev–Trinajstić information content (AvgIpc) is 2.89. The fourth-order valence-electron chi connectivity index (χ4n) is 4.63. The topological polar surface area (TPSA) is 129 Å². The maximum Gasteiger partial charge on any atom is 0.258 e. The molecule has 11 nitrogen and oxygen atoms in total. The molecule has 0 aliphatic carbocycles. The van der Waals surface area contributed by atoms with Crippen LogP contribution in [0.2, 0.25) is 0 Å². The molecule has 1 aliphatic rings. The third kappa shape index (κ3) is 11.5. The molecule has 2 N–H and O–H groups in total. The van der Waals surface area contributed by atoms with Crippen LogP contribution < -0.4 is 10.1 Å². The largest absolute Gasteiger partial charge is 0.490 e. The highest BCUT2D eigenvalue weighted by molar-refractivity contribution is 7.88. The number of aliphatic hydroxyl groups is 1. The summed E-state index contributed by atoms with van der Waals surface area (Å²) in [7, 11) is 2.00. The normalized spacial score (nSPS) is 22.1. The Bertz CT molecular complexity index is 1100. The van der Waals surface area contributed by atoms with E-state index in [1.807, 2.05) is 32.8 Å². The Hall–Kier alpha value is -2.25. The first kappa shape index (κ1) is 34.9. The highest BCUT2D eigenvalue weighted by Gasteiger charge is 2.31. The number of likely N-dealkylation sites (N-methyl/N-ethyl adjacent to an activating group) is 1. The summed E-state index contributed by atoms with van der Waals surface area (Å²) < 4.78 is 37.9. The number of carbonyl (C=O) groups excluding carboxylic acids is 2. The minimum Gasteiger partial charge on any atom is -0.490 e. The van der Waals surface area contributed by atoms with E-state index in [1.54, 1.807) is 30.0 Å². The number of nitrogens with one attached hydrogen (secondary N) is 1. The van der Waals surface area contributed by atoms with E-state index >= 15 is 0 Å². The number of benzene rings is 1. The zero-order valence-electron chi connectivity index (χ0n) is 25.8. The van der Waals surface area contributed by atoms with Crippen molar-refractivity contribution in [3.8, 4) is 5.75 Å². The first-order valence-electron chi connectivity index (χ1n) is 14.4. The lowest BCUT2D eigenvalue weighted by Gasteiger charge is -2.35.